The highest BCUT2D eigenvalue weighted by Gasteiger charge is 2.31. The topological polar surface area (TPSA) is 29.5 Å². The van der Waals surface area contributed by atoms with Gasteiger partial charge < -0.3 is 9.64 Å². The Balaban J connectivity index is 1.61. The van der Waals surface area contributed by atoms with Gasteiger partial charge in [-0.25, -0.2) is 4.79 Å². The van der Waals surface area contributed by atoms with Crippen LogP contribution in [0.3, 0.4) is 0 Å². The van der Waals surface area contributed by atoms with Crippen LogP contribution in [0.1, 0.15) is 33.2 Å². The number of rotatable bonds is 3. The van der Waals surface area contributed by atoms with Crippen LogP contribution in [-0.2, 0) is 4.74 Å². The first kappa shape index (κ1) is 15.5. The molecule has 0 saturated heterocycles. The lowest BCUT2D eigenvalue weighted by Gasteiger charge is -2.20. The summed E-state index contributed by atoms with van der Waals surface area (Å²) < 4.78 is 5.56. The van der Waals surface area contributed by atoms with Gasteiger partial charge in [-0.3, -0.25) is 0 Å². The zero-order valence-corrected chi connectivity index (χ0v) is 14.3. The van der Waals surface area contributed by atoms with Gasteiger partial charge in [0.25, 0.3) is 0 Å². The quantitative estimate of drug-likeness (QED) is 0.632. The van der Waals surface area contributed by atoms with Crippen LogP contribution in [0.25, 0.3) is 0 Å². The molecule has 0 spiro atoms. The van der Waals surface area contributed by atoms with Gasteiger partial charge in [-0.05, 0) is 42.8 Å². The van der Waals surface area contributed by atoms with Gasteiger partial charge in [0.15, 0.2) is 6.10 Å². The van der Waals surface area contributed by atoms with Crippen LogP contribution in [0.2, 0.25) is 0 Å². The Hall–Kier alpha value is -3.07. The normalized spacial score (nSPS) is 15.6. The Labute approximate surface area is 147 Å². The second-order valence-electron chi connectivity index (χ2n) is 6.36. The van der Waals surface area contributed by atoms with Crippen LogP contribution in [-0.4, -0.2) is 13.0 Å². The van der Waals surface area contributed by atoms with Gasteiger partial charge in [-0.1, -0.05) is 48.0 Å². The van der Waals surface area contributed by atoms with E-state index in [1.807, 2.05) is 43.4 Å². The molecule has 1 atom stereocenters. The van der Waals surface area contributed by atoms with E-state index in [-0.39, 0.29) is 12.1 Å². The number of anilines is 2. The molecular formula is C22H19NO2. The van der Waals surface area contributed by atoms with Crippen molar-refractivity contribution < 1.29 is 9.53 Å². The van der Waals surface area contributed by atoms with E-state index in [1.165, 1.54) is 5.56 Å². The molecule has 0 fully saturated rings. The van der Waals surface area contributed by atoms with Gasteiger partial charge in [-0.15, -0.1) is 0 Å². The van der Waals surface area contributed by atoms with E-state index in [2.05, 4.69) is 48.2 Å². The van der Waals surface area contributed by atoms with Crippen molar-refractivity contribution in [3.63, 3.8) is 0 Å². The van der Waals surface area contributed by atoms with E-state index in [0.29, 0.717) is 5.56 Å². The van der Waals surface area contributed by atoms with E-state index in [4.69, 9.17) is 4.74 Å². The molecule has 1 aliphatic heterocycles. The first-order valence-corrected chi connectivity index (χ1v) is 8.34. The molecule has 0 N–H and O–H groups in total. The Kier molecular flexibility index (Phi) is 3.77. The molecule has 0 amide bonds. The number of benzene rings is 3. The van der Waals surface area contributed by atoms with Crippen LogP contribution in [0.4, 0.5) is 11.4 Å². The third kappa shape index (κ3) is 2.78. The van der Waals surface area contributed by atoms with Crippen LogP contribution >= 0.6 is 0 Å². The molecule has 1 unspecified atom stereocenters. The standard InChI is InChI=1S/C22H19NO2/c1-15-7-11-17(12-8-15)23(2)18-13-9-16(10-14-18)21-19-5-3-4-6-20(19)22(24)25-21/h3-14,21H,1-2H3. The van der Waals surface area contributed by atoms with E-state index < -0.39 is 0 Å². The number of hydrogen-bond donors (Lipinski definition) is 0. The number of nitrogens with zero attached hydrogens (tertiary/aromatic N) is 1. The fraction of sp³-hybridized carbons (Fsp3) is 0.136. The second-order valence-corrected chi connectivity index (χ2v) is 6.36. The van der Waals surface area contributed by atoms with E-state index in [0.717, 1.165) is 22.5 Å². The molecule has 3 heteroatoms. The molecule has 0 saturated carbocycles. The van der Waals surface area contributed by atoms with Crippen LogP contribution in [0, 0.1) is 6.92 Å². The summed E-state index contributed by atoms with van der Waals surface area (Å²) in [6, 6.07) is 24.2. The lowest BCUT2D eigenvalue weighted by atomic mass is 9.99. The van der Waals surface area contributed by atoms with Crippen LogP contribution in [0.15, 0.2) is 72.8 Å². The molecule has 1 heterocycles. The summed E-state index contributed by atoms with van der Waals surface area (Å²) >= 11 is 0. The largest absolute Gasteiger partial charge is 0.449 e. The maximum Gasteiger partial charge on any atom is 0.339 e. The highest BCUT2D eigenvalue weighted by molar-refractivity contribution is 5.94. The van der Waals surface area contributed by atoms with Crippen molar-refractivity contribution in [1.82, 2.24) is 0 Å². The van der Waals surface area contributed by atoms with Crippen molar-refractivity contribution in [3.8, 4) is 0 Å². The number of esters is 1. The minimum absolute atomic E-state index is 0.249. The van der Waals surface area contributed by atoms with Gasteiger partial charge in [0.2, 0.25) is 0 Å². The number of hydrogen-bond acceptors (Lipinski definition) is 3. The van der Waals surface area contributed by atoms with Crippen molar-refractivity contribution in [3.05, 3.63) is 95.1 Å². The maximum absolute atomic E-state index is 12.0. The first-order chi connectivity index (χ1) is 12.1. The molecular weight excluding hydrogens is 310 g/mol. The Morgan fingerprint density at radius 2 is 1.44 bits per heavy atom. The maximum atomic E-state index is 12.0. The van der Waals surface area contributed by atoms with Gasteiger partial charge in [-0.2, -0.15) is 0 Å². The predicted octanol–water partition coefficient (Wildman–Crippen LogP) is 5.02. The third-order valence-electron chi connectivity index (χ3n) is 4.69. The molecule has 124 valence electrons. The predicted molar refractivity (Wildman–Crippen MR) is 99.4 cm³/mol. The molecule has 0 bridgehead atoms. The first-order valence-electron chi connectivity index (χ1n) is 8.34. The van der Waals surface area contributed by atoms with E-state index >= 15 is 0 Å². The van der Waals surface area contributed by atoms with E-state index in [9.17, 15) is 4.79 Å². The number of aryl methyl sites for hydroxylation is 1. The van der Waals surface area contributed by atoms with Crippen LogP contribution < -0.4 is 4.90 Å². The molecule has 3 nitrogen and oxygen atoms in total. The number of ether oxygens (including phenoxy) is 1. The molecule has 0 aliphatic carbocycles. The minimum atomic E-state index is -0.317. The van der Waals surface area contributed by atoms with Crippen molar-refractivity contribution >= 4 is 17.3 Å². The average Bonchev–Trinajstić information content (AvgIpc) is 2.99. The summed E-state index contributed by atoms with van der Waals surface area (Å²) in [5.74, 6) is -0.249. The molecule has 25 heavy (non-hydrogen) atoms. The minimum Gasteiger partial charge on any atom is -0.449 e. The lowest BCUT2D eigenvalue weighted by Crippen LogP contribution is -2.09. The van der Waals surface area contributed by atoms with Crippen molar-refractivity contribution in [2.24, 2.45) is 0 Å². The Morgan fingerprint density at radius 1 is 0.840 bits per heavy atom. The van der Waals surface area contributed by atoms with Crippen molar-refractivity contribution in [2.75, 3.05) is 11.9 Å². The molecule has 3 aromatic rings. The second kappa shape index (κ2) is 6.10. The summed E-state index contributed by atoms with van der Waals surface area (Å²) in [5, 5.41) is 0. The molecule has 1 aliphatic rings. The average molecular weight is 329 g/mol. The van der Waals surface area contributed by atoms with Crippen LogP contribution in [0.5, 0.6) is 0 Å². The molecule has 0 aromatic heterocycles. The smallest absolute Gasteiger partial charge is 0.339 e. The Bertz CT molecular complexity index is 914. The summed E-state index contributed by atoms with van der Waals surface area (Å²) in [7, 11) is 2.05. The number of fused-ring (bicyclic) bond motifs is 1. The monoisotopic (exact) mass is 329 g/mol. The molecule has 0 radical (unpaired) electrons. The zero-order chi connectivity index (χ0) is 17.4. The highest BCUT2D eigenvalue weighted by atomic mass is 16.5. The van der Waals surface area contributed by atoms with Crippen molar-refractivity contribution in [1.29, 1.82) is 0 Å². The number of cyclic esters (lactones) is 1. The SMILES string of the molecule is Cc1ccc(N(C)c2ccc(C3OC(=O)c4ccccc43)cc2)cc1. The number of carbonyl (C=O) groups is 1. The molecule has 3 aromatic carbocycles. The van der Waals surface area contributed by atoms with Gasteiger partial charge in [0, 0.05) is 24.0 Å². The summed E-state index contributed by atoms with van der Waals surface area (Å²) in [4.78, 5) is 14.1. The summed E-state index contributed by atoms with van der Waals surface area (Å²) in [6.45, 7) is 2.08. The fourth-order valence-electron chi connectivity index (χ4n) is 3.18. The van der Waals surface area contributed by atoms with Gasteiger partial charge in [0.05, 0.1) is 5.56 Å². The Morgan fingerprint density at radius 3 is 2.12 bits per heavy atom. The zero-order valence-electron chi connectivity index (χ0n) is 14.3. The summed E-state index contributed by atoms with van der Waals surface area (Å²) in [6.07, 6.45) is -0.317. The number of carbonyl (C=O) groups excluding carboxylic acids is 1. The lowest BCUT2D eigenvalue weighted by molar-refractivity contribution is 0.0456. The highest BCUT2D eigenvalue weighted by Crippen LogP contribution is 2.36. The van der Waals surface area contributed by atoms with Crippen molar-refractivity contribution in [2.45, 2.75) is 13.0 Å². The third-order valence-corrected chi connectivity index (χ3v) is 4.69. The summed E-state index contributed by atoms with van der Waals surface area (Å²) in [5.41, 5.74) is 6.05. The fourth-order valence-corrected chi connectivity index (χ4v) is 3.18. The van der Waals surface area contributed by atoms with Gasteiger partial charge >= 0.3 is 5.97 Å². The van der Waals surface area contributed by atoms with E-state index in [1.54, 1.807) is 0 Å². The molecule has 4 rings (SSSR count). The van der Waals surface area contributed by atoms with Gasteiger partial charge in [0.1, 0.15) is 0 Å².